The molecule has 1 unspecified atom stereocenters. The van der Waals surface area contributed by atoms with E-state index in [1.165, 1.54) is 25.3 Å². The summed E-state index contributed by atoms with van der Waals surface area (Å²) in [5, 5.41) is 22.1. The number of nitro benzene ring substituents is 1. The van der Waals surface area contributed by atoms with Gasteiger partial charge in [-0.1, -0.05) is 28.9 Å². The Bertz CT molecular complexity index is 1290. The Kier molecular flexibility index (Phi) is 7.38. The molecule has 34 heavy (non-hydrogen) atoms. The number of nitrogens with two attached hydrogens (primary N) is 1. The van der Waals surface area contributed by atoms with E-state index in [9.17, 15) is 28.1 Å². The minimum atomic E-state index is -4.70. The van der Waals surface area contributed by atoms with Crippen molar-refractivity contribution in [3.8, 4) is 16.9 Å². The number of benzene rings is 3. The maximum absolute atomic E-state index is 13.4. The number of hydrogen-bond donors (Lipinski definition) is 2. The van der Waals surface area contributed by atoms with E-state index in [4.69, 9.17) is 9.88 Å². The van der Waals surface area contributed by atoms with Gasteiger partial charge in [-0.15, -0.1) is 0 Å². The van der Waals surface area contributed by atoms with E-state index in [0.717, 1.165) is 29.2 Å². The lowest BCUT2D eigenvalue weighted by Gasteiger charge is -2.14. The fraction of sp³-hybridized carbons (Fsp3) is 0.130. The van der Waals surface area contributed by atoms with E-state index >= 15 is 0 Å². The van der Waals surface area contributed by atoms with Crippen LogP contribution in [0.4, 0.5) is 24.5 Å². The van der Waals surface area contributed by atoms with Crippen molar-refractivity contribution < 1.29 is 27.6 Å². The van der Waals surface area contributed by atoms with Crippen molar-refractivity contribution in [2.45, 2.75) is 18.0 Å². The van der Waals surface area contributed by atoms with Crippen LogP contribution in [0.5, 0.6) is 5.75 Å². The van der Waals surface area contributed by atoms with Gasteiger partial charge in [0.2, 0.25) is 0 Å². The first-order chi connectivity index (χ1) is 16.1. The number of nitrogens with one attached hydrogen (secondary N) is 1. The van der Waals surface area contributed by atoms with Crippen LogP contribution in [0, 0.1) is 10.1 Å². The summed E-state index contributed by atoms with van der Waals surface area (Å²) in [6.45, 7) is 1.81. The van der Waals surface area contributed by atoms with E-state index in [1.807, 2.05) is 6.92 Å². The maximum Gasteiger partial charge on any atom is 0.417 e. The topological polar surface area (TPSA) is 107 Å². The molecule has 3 rings (SSSR count). The standard InChI is InChI=1S/C23H20F3N3O4S/c1-3-34(27)21-11-9-15(13-20(21)33-2)28-22(30)14-8-10-17(19(12-14)29(31)32)16-6-4-5-7-18(16)23(24,25)26/h3-13H,27H2,1-2H3,(H,28,30). The molecule has 0 saturated heterocycles. The summed E-state index contributed by atoms with van der Waals surface area (Å²) >= 11 is 0. The molecule has 0 spiro atoms. The zero-order valence-corrected chi connectivity index (χ0v) is 18.9. The van der Waals surface area contributed by atoms with Crippen LogP contribution in [-0.2, 0) is 6.18 Å². The van der Waals surface area contributed by atoms with Gasteiger partial charge < -0.3 is 10.1 Å². The summed E-state index contributed by atoms with van der Waals surface area (Å²) in [5.74, 6) is -0.228. The summed E-state index contributed by atoms with van der Waals surface area (Å²) in [7, 11) is 0.792. The molecule has 0 fully saturated rings. The van der Waals surface area contributed by atoms with Crippen LogP contribution < -0.4 is 15.2 Å². The van der Waals surface area contributed by atoms with E-state index in [-0.39, 0.29) is 16.7 Å². The largest absolute Gasteiger partial charge is 0.495 e. The number of nitrogens with zero attached hydrogens (tertiary/aromatic N) is 1. The molecule has 0 aliphatic rings. The molecule has 0 bridgehead atoms. The summed E-state index contributed by atoms with van der Waals surface area (Å²) < 4.78 is 45.6. The van der Waals surface area contributed by atoms with Crippen LogP contribution in [-0.4, -0.2) is 23.3 Å². The minimum Gasteiger partial charge on any atom is -0.495 e. The highest BCUT2D eigenvalue weighted by atomic mass is 32.2. The van der Waals surface area contributed by atoms with Crippen molar-refractivity contribution in [1.29, 1.82) is 0 Å². The quantitative estimate of drug-likeness (QED) is 0.255. The number of nitro groups is 1. The number of hydrogen-bond acceptors (Lipinski definition) is 5. The third kappa shape index (κ3) is 5.26. The Morgan fingerprint density at radius 1 is 1.12 bits per heavy atom. The molecule has 11 heteroatoms. The maximum atomic E-state index is 13.4. The van der Waals surface area contributed by atoms with Crippen molar-refractivity contribution in [1.82, 2.24) is 0 Å². The van der Waals surface area contributed by atoms with E-state index in [1.54, 1.807) is 23.6 Å². The molecule has 1 amide bonds. The van der Waals surface area contributed by atoms with Crippen molar-refractivity contribution in [3.05, 3.63) is 81.9 Å². The van der Waals surface area contributed by atoms with Gasteiger partial charge in [0.1, 0.15) is 5.75 Å². The minimum absolute atomic E-state index is 0.0940. The molecule has 7 nitrogen and oxygen atoms in total. The Morgan fingerprint density at radius 2 is 1.82 bits per heavy atom. The van der Waals surface area contributed by atoms with Gasteiger partial charge in [0, 0.05) is 28.9 Å². The van der Waals surface area contributed by atoms with Crippen LogP contribution >= 0.6 is 10.7 Å². The first kappa shape index (κ1) is 24.9. The number of rotatable bonds is 6. The number of halogens is 3. The molecule has 0 aliphatic heterocycles. The number of methoxy groups -OCH3 is 1. The molecule has 178 valence electrons. The number of ether oxygens (including phenoxy) is 1. The first-order valence-corrected chi connectivity index (χ1v) is 11.1. The van der Waals surface area contributed by atoms with Gasteiger partial charge in [-0.25, -0.2) is 0 Å². The number of carbonyl (C=O) groups is 1. The third-order valence-electron chi connectivity index (χ3n) is 4.91. The Balaban J connectivity index is 1.98. The summed E-state index contributed by atoms with van der Waals surface area (Å²) in [6.07, 6.45) is -4.70. The SMILES string of the molecule is C/C=S(\N)c1ccc(NC(=O)c2ccc(-c3ccccc3C(F)(F)F)c([N+](=O)[O-])c2)cc1OC. The molecule has 0 radical (unpaired) electrons. The molecule has 0 saturated carbocycles. The van der Waals surface area contributed by atoms with Gasteiger partial charge >= 0.3 is 6.18 Å². The Labute approximate surface area is 195 Å². The molecule has 0 aliphatic carbocycles. The van der Waals surface area contributed by atoms with Crippen molar-refractivity contribution in [2.24, 2.45) is 5.14 Å². The molecule has 0 heterocycles. The fourth-order valence-corrected chi connectivity index (χ4v) is 4.14. The predicted molar refractivity (Wildman–Crippen MR) is 126 cm³/mol. The van der Waals surface area contributed by atoms with Crippen LogP contribution in [0.1, 0.15) is 22.8 Å². The van der Waals surface area contributed by atoms with Gasteiger partial charge in [0.15, 0.2) is 0 Å². The molecular formula is C23H20F3N3O4S. The second-order valence-corrected chi connectivity index (χ2v) is 8.61. The molecule has 3 N–H and O–H groups in total. The molecular weight excluding hydrogens is 471 g/mol. The average Bonchev–Trinajstić information content (AvgIpc) is 2.82. The van der Waals surface area contributed by atoms with Crippen LogP contribution in [0.15, 0.2) is 65.6 Å². The normalized spacial score (nSPS) is 12.3. The van der Waals surface area contributed by atoms with E-state index in [0.29, 0.717) is 11.4 Å². The summed E-state index contributed by atoms with van der Waals surface area (Å²) in [5.41, 5.74) is -1.96. The van der Waals surface area contributed by atoms with E-state index in [2.05, 4.69) is 5.32 Å². The Hall–Kier alpha value is -3.70. The third-order valence-corrected chi connectivity index (χ3v) is 6.26. The molecule has 0 aromatic heterocycles. The smallest absolute Gasteiger partial charge is 0.417 e. The molecule has 3 aromatic carbocycles. The second kappa shape index (κ2) is 10.1. The Morgan fingerprint density at radius 3 is 2.44 bits per heavy atom. The zero-order chi connectivity index (χ0) is 25.0. The highest BCUT2D eigenvalue weighted by Crippen LogP contribution is 2.40. The highest BCUT2D eigenvalue weighted by molar-refractivity contribution is 8.13. The molecule has 3 aromatic rings. The van der Waals surface area contributed by atoms with Crippen LogP contribution in [0.3, 0.4) is 0 Å². The van der Waals surface area contributed by atoms with E-state index < -0.39 is 38.9 Å². The molecule has 1 atom stereocenters. The van der Waals surface area contributed by atoms with Crippen molar-refractivity contribution in [3.63, 3.8) is 0 Å². The number of amides is 1. The summed E-state index contributed by atoms with van der Waals surface area (Å²) in [6, 6.07) is 12.7. The zero-order valence-electron chi connectivity index (χ0n) is 18.1. The number of carbonyl (C=O) groups excluding carboxylic acids is 1. The van der Waals surface area contributed by atoms with Crippen LogP contribution in [0.2, 0.25) is 0 Å². The monoisotopic (exact) mass is 491 g/mol. The van der Waals surface area contributed by atoms with Gasteiger partial charge in [-0.3, -0.25) is 20.0 Å². The lowest BCUT2D eigenvalue weighted by molar-refractivity contribution is -0.384. The van der Waals surface area contributed by atoms with Crippen LogP contribution in [0.25, 0.3) is 11.1 Å². The van der Waals surface area contributed by atoms with Crippen molar-refractivity contribution >= 4 is 33.3 Å². The van der Waals surface area contributed by atoms with Gasteiger partial charge in [-0.2, -0.15) is 13.2 Å². The number of anilines is 1. The average molecular weight is 491 g/mol. The predicted octanol–water partition coefficient (Wildman–Crippen LogP) is 5.87. The summed E-state index contributed by atoms with van der Waals surface area (Å²) in [4.78, 5) is 24.3. The highest BCUT2D eigenvalue weighted by Gasteiger charge is 2.35. The second-order valence-electron chi connectivity index (χ2n) is 6.96. The lowest BCUT2D eigenvalue weighted by atomic mass is 9.96. The van der Waals surface area contributed by atoms with Gasteiger partial charge in [-0.05, 0) is 42.6 Å². The number of alkyl halides is 3. The van der Waals surface area contributed by atoms with Crippen molar-refractivity contribution in [2.75, 3.05) is 12.4 Å². The van der Waals surface area contributed by atoms with Gasteiger partial charge in [0.05, 0.1) is 28.1 Å². The first-order valence-electron chi connectivity index (χ1n) is 9.78. The fourth-order valence-electron chi connectivity index (χ4n) is 3.29. The lowest BCUT2D eigenvalue weighted by Crippen LogP contribution is -2.13. The van der Waals surface area contributed by atoms with Gasteiger partial charge in [0.25, 0.3) is 11.6 Å².